The number of fused-ring (bicyclic) bond motifs is 1. The minimum atomic E-state index is -0.197. The molecule has 98 valence electrons. The van der Waals surface area contributed by atoms with Gasteiger partial charge in [-0.05, 0) is 23.8 Å². The van der Waals surface area contributed by atoms with Crippen molar-refractivity contribution < 1.29 is 4.79 Å². The molecule has 2 aromatic carbocycles. The summed E-state index contributed by atoms with van der Waals surface area (Å²) in [6.45, 7) is 0. The molecule has 4 nitrogen and oxygen atoms in total. The molecule has 0 bridgehead atoms. The molecular weight excluding hydrogens is 250 g/mol. The molecule has 1 aromatic heterocycles. The molecular formula is C16H13N3O. The number of nitrogens with zero attached hydrogens (tertiary/aromatic N) is 2. The van der Waals surface area contributed by atoms with Crippen molar-refractivity contribution in [1.82, 2.24) is 9.66 Å². The molecule has 1 amide bonds. The predicted octanol–water partition coefficient (Wildman–Crippen LogP) is 2.82. The van der Waals surface area contributed by atoms with Crippen molar-refractivity contribution in [1.29, 1.82) is 0 Å². The monoisotopic (exact) mass is 263 g/mol. The van der Waals surface area contributed by atoms with Crippen LogP contribution in [0.15, 0.2) is 67.0 Å². The van der Waals surface area contributed by atoms with Gasteiger partial charge in [0.25, 0.3) is 5.91 Å². The highest BCUT2D eigenvalue weighted by Crippen LogP contribution is 2.10. The lowest BCUT2D eigenvalue weighted by atomic mass is 10.2. The van der Waals surface area contributed by atoms with Crippen LogP contribution in [0, 0.1) is 0 Å². The lowest BCUT2D eigenvalue weighted by molar-refractivity contribution is -0.112. The summed E-state index contributed by atoms with van der Waals surface area (Å²) in [6, 6.07) is 17.3. The van der Waals surface area contributed by atoms with Crippen LogP contribution in [-0.2, 0) is 4.79 Å². The third-order valence-corrected chi connectivity index (χ3v) is 2.91. The Bertz CT molecular complexity index is 760. The van der Waals surface area contributed by atoms with E-state index in [1.54, 1.807) is 17.1 Å². The average molecular weight is 263 g/mol. The summed E-state index contributed by atoms with van der Waals surface area (Å²) in [7, 11) is 0. The van der Waals surface area contributed by atoms with Crippen LogP contribution in [0.4, 0.5) is 0 Å². The fraction of sp³-hybridized carbons (Fsp3) is 0. The molecule has 0 aliphatic carbocycles. The number of para-hydroxylation sites is 2. The summed E-state index contributed by atoms with van der Waals surface area (Å²) in [5.41, 5.74) is 5.46. The summed E-state index contributed by atoms with van der Waals surface area (Å²) in [4.78, 5) is 16.1. The minimum Gasteiger partial charge on any atom is -0.268 e. The first-order valence-electron chi connectivity index (χ1n) is 6.29. The molecule has 3 rings (SSSR count). The molecule has 0 aliphatic heterocycles. The fourth-order valence-electron chi connectivity index (χ4n) is 1.94. The van der Waals surface area contributed by atoms with Crippen LogP contribution >= 0.6 is 0 Å². The maximum absolute atomic E-state index is 11.9. The van der Waals surface area contributed by atoms with Gasteiger partial charge in [-0.15, -0.1) is 0 Å². The molecule has 0 radical (unpaired) electrons. The number of nitrogens with one attached hydrogen (secondary N) is 1. The van der Waals surface area contributed by atoms with Crippen LogP contribution in [0.25, 0.3) is 17.1 Å². The highest BCUT2D eigenvalue weighted by Gasteiger charge is 2.02. The van der Waals surface area contributed by atoms with E-state index < -0.39 is 0 Å². The Morgan fingerprint density at radius 1 is 1.05 bits per heavy atom. The highest BCUT2D eigenvalue weighted by molar-refractivity contribution is 5.98. The summed E-state index contributed by atoms with van der Waals surface area (Å²) in [5.74, 6) is -0.197. The molecule has 1 heterocycles. The molecule has 0 saturated carbocycles. The Morgan fingerprint density at radius 3 is 2.65 bits per heavy atom. The average Bonchev–Trinajstić information content (AvgIpc) is 2.90. The molecule has 1 N–H and O–H groups in total. The second-order valence-corrected chi connectivity index (χ2v) is 4.32. The SMILES string of the molecule is O=C(/C=C/c1ccccc1)Nn1cnc2ccccc21. The normalized spacial score (nSPS) is 11.0. The van der Waals surface area contributed by atoms with Gasteiger partial charge < -0.3 is 0 Å². The van der Waals surface area contributed by atoms with Crippen molar-refractivity contribution in [2.75, 3.05) is 5.43 Å². The smallest absolute Gasteiger partial charge is 0.262 e. The number of carbonyl (C=O) groups is 1. The molecule has 0 fully saturated rings. The van der Waals surface area contributed by atoms with Gasteiger partial charge in [0.1, 0.15) is 6.33 Å². The Hall–Kier alpha value is -2.88. The molecule has 4 heteroatoms. The number of carbonyl (C=O) groups excluding carboxylic acids is 1. The number of aromatic nitrogens is 2. The molecule has 0 aliphatic rings. The summed E-state index contributed by atoms with van der Waals surface area (Å²) < 4.78 is 1.62. The van der Waals surface area contributed by atoms with Gasteiger partial charge in [0.2, 0.25) is 0 Å². The number of hydrogen-bond acceptors (Lipinski definition) is 2. The van der Waals surface area contributed by atoms with Crippen LogP contribution in [0.1, 0.15) is 5.56 Å². The molecule has 0 saturated heterocycles. The zero-order valence-electron chi connectivity index (χ0n) is 10.7. The number of amides is 1. The van der Waals surface area contributed by atoms with E-state index in [4.69, 9.17) is 0 Å². The van der Waals surface area contributed by atoms with E-state index in [1.807, 2.05) is 54.6 Å². The van der Waals surface area contributed by atoms with E-state index in [9.17, 15) is 4.79 Å². The highest BCUT2D eigenvalue weighted by atomic mass is 16.2. The molecule has 0 atom stereocenters. The van der Waals surface area contributed by atoms with Gasteiger partial charge in [-0.3, -0.25) is 10.2 Å². The Balaban J connectivity index is 1.75. The van der Waals surface area contributed by atoms with Crippen LogP contribution in [0.3, 0.4) is 0 Å². The van der Waals surface area contributed by atoms with Gasteiger partial charge in [-0.25, -0.2) is 9.66 Å². The van der Waals surface area contributed by atoms with E-state index >= 15 is 0 Å². The van der Waals surface area contributed by atoms with Crippen molar-refractivity contribution in [2.24, 2.45) is 0 Å². The number of hydrogen-bond donors (Lipinski definition) is 1. The van der Waals surface area contributed by atoms with E-state index in [0.717, 1.165) is 16.6 Å². The number of rotatable bonds is 3. The predicted molar refractivity (Wildman–Crippen MR) is 79.6 cm³/mol. The van der Waals surface area contributed by atoms with E-state index in [1.165, 1.54) is 6.08 Å². The van der Waals surface area contributed by atoms with Crippen LogP contribution in [-0.4, -0.2) is 15.6 Å². The summed E-state index contributed by atoms with van der Waals surface area (Å²) in [6.07, 6.45) is 4.87. The molecule has 0 spiro atoms. The molecule has 3 aromatic rings. The largest absolute Gasteiger partial charge is 0.268 e. The lowest BCUT2D eigenvalue weighted by Gasteiger charge is -2.03. The zero-order chi connectivity index (χ0) is 13.8. The first-order valence-corrected chi connectivity index (χ1v) is 6.29. The maximum Gasteiger partial charge on any atom is 0.262 e. The van der Waals surface area contributed by atoms with Gasteiger partial charge in [0.05, 0.1) is 11.0 Å². The van der Waals surface area contributed by atoms with Gasteiger partial charge in [0.15, 0.2) is 0 Å². The van der Waals surface area contributed by atoms with Crippen molar-refractivity contribution in [3.8, 4) is 0 Å². The second kappa shape index (κ2) is 5.40. The van der Waals surface area contributed by atoms with E-state index in [0.29, 0.717) is 0 Å². The van der Waals surface area contributed by atoms with Gasteiger partial charge in [-0.2, -0.15) is 0 Å². The maximum atomic E-state index is 11.9. The van der Waals surface area contributed by atoms with Crippen molar-refractivity contribution >= 4 is 23.0 Å². The number of benzene rings is 2. The summed E-state index contributed by atoms with van der Waals surface area (Å²) >= 11 is 0. The zero-order valence-corrected chi connectivity index (χ0v) is 10.7. The summed E-state index contributed by atoms with van der Waals surface area (Å²) in [5, 5.41) is 0. The first-order chi connectivity index (χ1) is 9.83. The third kappa shape index (κ3) is 2.59. The first kappa shape index (κ1) is 12.2. The minimum absolute atomic E-state index is 0.197. The van der Waals surface area contributed by atoms with Crippen molar-refractivity contribution in [3.05, 3.63) is 72.6 Å². The van der Waals surface area contributed by atoms with Gasteiger partial charge in [0, 0.05) is 6.08 Å². The van der Waals surface area contributed by atoms with Gasteiger partial charge in [-0.1, -0.05) is 42.5 Å². The Kier molecular flexibility index (Phi) is 3.29. The molecule has 20 heavy (non-hydrogen) atoms. The molecule has 0 unspecified atom stereocenters. The quantitative estimate of drug-likeness (QED) is 0.739. The van der Waals surface area contributed by atoms with Crippen LogP contribution in [0.5, 0.6) is 0 Å². The topological polar surface area (TPSA) is 46.9 Å². The van der Waals surface area contributed by atoms with Crippen LogP contribution < -0.4 is 5.43 Å². The number of imidazole rings is 1. The Morgan fingerprint density at radius 2 is 1.80 bits per heavy atom. The van der Waals surface area contributed by atoms with Gasteiger partial charge >= 0.3 is 0 Å². The fourth-order valence-corrected chi connectivity index (χ4v) is 1.94. The van der Waals surface area contributed by atoms with Crippen LogP contribution in [0.2, 0.25) is 0 Å². The van der Waals surface area contributed by atoms with E-state index in [-0.39, 0.29) is 5.91 Å². The standard InChI is InChI=1S/C16H13N3O/c20-16(11-10-13-6-2-1-3-7-13)18-19-12-17-14-8-4-5-9-15(14)19/h1-12H,(H,18,20)/b11-10+. The lowest BCUT2D eigenvalue weighted by Crippen LogP contribution is -2.19. The second-order valence-electron chi connectivity index (χ2n) is 4.32. The van der Waals surface area contributed by atoms with Crippen molar-refractivity contribution in [3.63, 3.8) is 0 Å². The van der Waals surface area contributed by atoms with Crippen molar-refractivity contribution in [2.45, 2.75) is 0 Å². The third-order valence-electron chi connectivity index (χ3n) is 2.91. The van der Waals surface area contributed by atoms with E-state index in [2.05, 4.69) is 10.4 Å². The Labute approximate surface area is 116 Å².